The van der Waals surface area contributed by atoms with Gasteiger partial charge in [0, 0.05) is 6.42 Å². The highest BCUT2D eigenvalue weighted by molar-refractivity contribution is 6.69. The Labute approximate surface area is 169 Å². The lowest BCUT2D eigenvalue weighted by molar-refractivity contribution is -0.139. The number of rotatable bonds is 8. The molecule has 0 spiro atoms. The lowest BCUT2D eigenvalue weighted by Gasteiger charge is -2.36. The fourth-order valence-corrected chi connectivity index (χ4v) is 4.90. The molecular weight excluding hydrogens is 372 g/mol. The summed E-state index contributed by atoms with van der Waals surface area (Å²) in [4.78, 5) is 25.0. The van der Waals surface area contributed by atoms with Crippen LogP contribution in [0.1, 0.15) is 58.4 Å². The fourth-order valence-electron chi connectivity index (χ4n) is 3.81. The first-order valence-corrected chi connectivity index (χ1v) is 13.5. The Kier molecular flexibility index (Phi) is 7.10. The van der Waals surface area contributed by atoms with Crippen LogP contribution < -0.4 is 0 Å². The number of esters is 1. The molecule has 0 aromatic carbocycles. The van der Waals surface area contributed by atoms with Gasteiger partial charge in [-0.3, -0.25) is 4.79 Å². The zero-order chi connectivity index (χ0) is 21.1. The zero-order valence-corrected chi connectivity index (χ0v) is 19.3. The van der Waals surface area contributed by atoms with Gasteiger partial charge in [0.2, 0.25) is 0 Å². The first kappa shape index (κ1) is 22.6. The van der Waals surface area contributed by atoms with Crippen LogP contribution >= 0.6 is 0 Å². The molecule has 2 atom stereocenters. The van der Waals surface area contributed by atoms with E-state index in [0.29, 0.717) is 19.3 Å². The highest BCUT2D eigenvalue weighted by atomic mass is 28.4. The largest absolute Gasteiger partial charge is 0.472 e. The number of carbonyl (C=O) groups is 2. The summed E-state index contributed by atoms with van der Waals surface area (Å²) in [6.07, 6.45) is 4.79. The predicted octanol–water partition coefficient (Wildman–Crippen LogP) is 5.24. The van der Waals surface area contributed by atoms with Crippen LogP contribution in [0.4, 0.5) is 0 Å². The molecule has 1 aromatic heterocycles. The third-order valence-corrected chi connectivity index (χ3v) is 6.02. The first-order valence-electron chi connectivity index (χ1n) is 10.1. The van der Waals surface area contributed by atoms with Crippen LogP contribution in [0.3, 0.4) is 0 Å². The molecule has 0 N–H and O–H groups in total. The van der Waals surface area contributed by atoms with E-state index in [1.165, 1.54) is 0 Å². The van der Waals surface area contributed by atoms with Crippen molar-refractivity contribution in [2.24, 2.45) is 5.41 Å². The fraction of sp³-hybridized carbons (Fsp3) is 0.636. The Hall–Kier alpha value is -1.66. The second-order valence-electron chi connectivity index (χ2n) is 9.47. The van der Waals surface area contributed by atoms with Crippen LogP contribution in [0.25, 0.3) is 0 Å². The van der Waals surface area contributed by atoms with Gasteiger partial charge < -0.3 is 13.6 Å². The SMILES string of the molecule is CCOC(=O)C1=C(C(C[C@H](c2ccoc2)C(C)(C)C)O[Si](C)(C)C)CCC1=O. The van der Waals surface area contributed by atoms with E-state index in [1.54, 1.807) is 19.5 Å². The Morgan fingerprint density at radius 3 is 2.43 bits per heavy atom. The number of furan rings is 1. The molecule has 1 heterocycles. The van der Waals surface area contributed by atoms with Crippen LogP contribution in [-0.4, -0.2) is 32.8 Å². The van der Waals surface area contributed by atoms with E-state index in [9.17, 15) is 9.59 Å². The molecular formula is C22H34O5Si. The summed E-state index contributed by atoms with van der Waals surface area (Å²) in [5.41, 5.74) is 2.10. The van der Waals surface area contributed by atoms with Gasteiger partial charge in [-0.2, -0.15) is 0 Å². The molecule has 0 fully saturated rings. The topological polar surface area (TPSA) is 65.7 Å². The molecule has 1 aliphatic rings. The van der Waals surface area contributed by atoms with Crippen molar-refractivity contribution in [1.29, 1.82) is 0 Å². The van der Waals surface area contributed by atoms with Crippen molar-refractivity contribution in [1.82, 2.24) is 0 Å². The van der Waals surface area contributed by atoms with E-state index >= 15 is 0 Å². The lowest BCUT2D eigenvalue weighted by Crippen LogP contribution is -2.36. The van der Waals surface area contributed by atoms with Crippen molar-refractivity contribution in [3.8, 4) is 0 Å². The van der Waals surface area contributed by atoms with E-state index in [1.807, 2.05) is 6.07 Å². The van der Waals surface area contributed by atoms with Crippen LogP contribution in [0.5, 0.6) is 0 Å². The minimum absolute atomic E-state index is 0.0296. The van der Waals surface area contributed by atoms with E-state index < -0.39 is 14.3 Å². The summed E-state index contributed by atoms with van der Waals surface area (Å²) in [5.74, 6) is -0.479. The van der Waals surface area contributed by atoms with E-state index in [2.05, 4.69) is 40.4 Å². The maximum Gasteiger partial charge on any atom is 0.341 e. The average molecular weight is 407 g/mol. The predicted molar refractivity (Wildman–Crippen MR) is 112 cm³/mol. The summed E-state index contributed by atoms with van der Waals surface area (Å²) in [5, 5.41) is 0. The normalized spacial score (nSPS) is 17.8. The molecule has 1 aromatic rings. The van der Waals surface area contributed by atoms with Gasteiger partial charge in [0.05, 0.1) is 25.2 Å². The van der Waals surface area contributed by atoms with Crippen LogP contribution in [-0.2, 0) is 18.8 Å². The van der Waals surface area contributed by atoms with Gasteiger partial charge >= 0.3 is 5.97 Å². The molecule has 156 valence electrons. The van der Waals surface area contributed by atoms with Crippen LogP contribution in [0.15, 0.2) is 34.2 Å². The summed E-state index contributed by atoms with van der Waals surface area (Å²) in [7, 11) is -1.92. The number of Topliss-reactive ketones (excluding diaryl/α,β-unsaturated/α-hetero) is 1. The molecule has 5 nitrogen and oxygen atoms in total. The maximum absolute atomic E-state index is 12.5. The Bertz CT molecular complexity index is 719. The molecule has 0 saturated carbocycles. The standard InChI is InChI=1S/C22H34O5Si/c1-8-26-21(24)20-16(9-10-18(20)23)19(27-28(5,6)7)13-17(22(2,3)4)15-11-12-25-14-15/h11-12,14,17,19H,8-10,13H2,1-7H3/t17-,19?/m1/s1. The monoisotopic (exact) mass is 406 g/mol. The van der Waals surface area contributed by atoms with Gasteiger partial charge in [0.25, 0.3) is 0 Å². The van der Waals surface area contributed by atoms with Crippen molar-refractivity contribution >= 4 is 20.1 Å². The van der Waals surface area contributed by atoms with E-state index in [4.69, 9.17) is 13.6 Å². The van der Waals surface area contributed by atoms with Crippen molar-refractivity contribution in [2.45, 2.75) is 78.6 Å². The van der Waals surface area contributed by atoms with Crippen molar-refractivity contribution in [3.05, 3.63) is 35.3 Å². The molecule has 1 unspecified atom stereocenters. The summed E-state index contributed by atoms with van der Waals surface area (Å²) < 4.78 is 17.1. The highest BCUT2D eigenvalue weighted by Gasteiger charge is 2.39. The summed E-state index contributed by atoms with van der Waals surface area (Å²) in [6, 6.07) is 1.99. The molecule has 0 radical (unpaired) electrons. The molecule has 0 aliphatic heterocycles. The molecule has 6 heteroatoms. The molecule has 2 rings (SSSR count). The first-order chi connectivity index (χ1) is 12.9. The third-order valence-electron chi connectivity index (χ3n) is 5.03. The zero-order valence-electron chi connectivity index (χ0n) is 18.3. The van der Waals surface area contributed by atoms with Crippen molar-refractivity contribution in [2.75, 3.05) is 6.61 Å². The van der Waals surface area contributed by atoms with Gasteiger partial charge in [-0.05, 0) is 67.9 Å². The van der Waals surface area contributed by atoms with E-state index in [-0.39, 0.29) is 35.4 Å². The van der Waals surface area contributed by atoms with Gasteiger partial charge in [-0.1, -0.05) is 20.8 Å². The van der Waals surface area contributed by atoms with Crippen molar-refractivity contribution in [3.63, 3.8) is 0 Å². The van der Waals surface area contributed by atoms with Gasteiger partial charge in [-0.25, -0.2) is 4.79 Å². The van der Waals surface area contributed by atoms with Gasteiger partial charge in [-0.15, -0.1) is 0 Å². The summed E-state index contributed by atoms with van der Waals surface area (Å²) in [6.45, 7) is 15.0. The average Bonchev–Trinajstić information content (AvgIpc) is 3.18. The van der Waals surface area contributed by atoms with Crippen molar-refractivity contribution < 1.29 is 23.2 Å². The minimum atomic E-state index is -1.92. The third kappa shape index (κ3) is 5.67. The second kappa shape index (κ2) is 8.78. The molecule has 28 heavy (non-hydrogen) atoms. The lowest BCUT2D eigenvalue weighted by atomic mass is 9.73. The molecule has 0 amide bonds. The number of ketones is 1. The summed E-state index contributed by atoms with van der Waals surface area (Å²) >= 11 is 0. The number of carbonyl (C=O) groups excluding carboxylic acids is 2. The number of ether oxygens (including phenoxy) is 1. The van der Waals surface area contributed by atoms with E-state index in [0.717, 1.165) is 11.1 Å². The number of hydrogen-bond acceptors (Lipinski definition) is 5. The Morgan fingerprint density at radius 1 is 1.25 bits per heavy atom. The van der Waals surface area contributed by atoms with Crippen LogP contribution in [0.2, 0.25) is 19.6 Å². The Morgan fingerprint density at radius 2 is 1.93 bits per heavy atom. The second-order valence-corrected chi connectivity index (χ2v) is 13.9. The number of hydrogen-bond donors (Lipinski definition) is 0. The molecule has 0 saturated heterocycles. The highest BCUT2D eigenvalue weighted by Crippen LogP contribution is 2.42. The minimum Gasteiger partial charge on any atom is -0.472 e. The smallest absolute Gasteiger partial charge is 0.341 e. The maximum atomic E-state index is 12.5. The Balaban J connectivity index is 2.46. The quantitative estimate of drug-likeness (QED) is 0.335. The van der Waals surface area contributed by atoms with Gasteiger partial charge in [0.15, 0.2) is 14.1 Å². The molecule has 0 bridgehead atoms. The van der Waals surface area contributed by atoms with Crippen LogP contribution in [0, 0.1) is 5.41 Å². The van der Waals surface area contributed by atoms with Gasteiger partial charge in [0.1, 0.15) is 5.57 Å². The molecule has 1 aliphatic carbocycles.